The standard InChI is InChI=1S/C24H28ClNO5.C23H27ClN2O4/c1-4-30-23(28)16(3)13-21(26-22(27)24(29)31-5-2)14-17-9-11-18(12-10-17)19-7-6-8-20(25)15-19;1-3-30-23(29)15(2)11-20(26-22(28)21(27)14-25)12-16-7-9-17(10-8-16)18-5-4-6-19(24)13-18/h6-12,15-16,21H,4-5,13-14H2,1-3H3,(H,26,27);4-10,13,15,20H,3,11-12,14,25H2,1-2H3,(H,26,28)/t16?,21-;15?,20-/m00/s1. The predicted octanol–water partition coefficient (Wildman–Crippen LogP) is 7.34. The van der Waals surface area contributed by atoms with Gasteiger partial charge in [0.15, 0.2) is 0 Å². The molecule has 0 saturated carbocycles. The fraction of sp³-hybridized carbons (Fsp3) is 0.362. The molecular weight excluding hydrogens is 821 g/mol. The highest BCUT2D eigenvalue weighted by Gasteiger charge is 2.26. The van der Waals surface area contributed by atoms with E-state index in [1.54, 1.807) is 34.6 Å². The summed E-state index contributed by atoms with van der Waals surface area (Å²) in [5, 5.41) is 6.72. The van der Waals surface area contributed by atoms with E-state index in [-0.39, 0.29) is 38.3 Å². The van der Waals surface area contributed by atoms with E-state index < -0.39 is 47.5 Å². The smallest absolute Gasteiger partial charge is 0.396 e. The summed E-state index contributed by atoms with van der Waals surface area (Å²) in [5.74, 6) is -4.72. The number of esters is 3. The monoisotopic (exact) mass is 875 g/mol. The van der Waals surface area contributed by atoms with E-state index in [0.717, 1.165) is 33.4 Å². The molecule has 0 radical (unpaired) electrons. The van der Waals surface area contributed by atoms with E-state index in [9.17, 15) is 28.8 Å². The Kier molecular flexibility index (Phi) is 21.2. The van der Waals surface area contributed by atoms with Crippen molar-refractivity contribution < 1.29 is 43.0 Å². The van der Waals surface area contributed by atoms with Gasteiger partial charge in [0.2, 0.25) is 5.78 Å². The number of benzene rings is 4. The van der Waals surface area contributed by atoms with Crippen molar-refractivity contribution in [3.8, 4) is 22.3 Å². The first-order chi connectivity index (χ1) is 29.2. The highest BCUT2D eigenvalue weighted by molar-refractivity contribution is 6.37. The molecule has 0 heterocycles. The van der Waals surface area contributed by atoms with Crippen molar-refractivity contribution in [1.29, 1.82) is 0 Å². The molecule has 0 spiro atoms. The van der Waals surface area contributed by atoms with Crippen molar-refractivity contribution >= 4 is 58.7 Å². The van der Waals surface area contributed by atoms with E-state index in [1.165, 1.54) is 0 Å². The van der Waals surface area contributed by atoms with E-state index in [4.69, 9.17) is 43.1 Å². The maximum absolute atomic E-state index is 12.2. The quantitative estimate of drug-likeness (QED) is 0.0490. The number of rotatable bonds is 19. The zero-order valence-corrected chi connectivity index (χ0v) is 36.7. The molecule has 61 heavy (non-hydrogen) atoms. The molecule has 0 aliphatic heterocycles. The molecule has 12 nitrogen and oxygen atoms in total. The Labute approximate surface area is 367 Å². The van der Waals surface area contributed by atoms with Crippen molar-refractivity contribution in [1.82, 2.24) is 10.6 Å². The molecule has 4 N–H and O–H groups in total. The summed E-state index contributed by atoms with van der Waals surface area (Å²) in [7, 11) is 0. The van der Waals surface area contributed by atoms with Crippen molar-refractivity contribution in [3.05, 3.63) is 118 Å². The lowest BCUT2D eigenvalue weighted by atomic mass is 9.94. The first-order valence-corrected chi connectivity index (χ1v) is 21.0. The molecule has 0 bridgehead atoms. The molecule has 4 aromatic rings. The van der Waals surface area contributed by atoms with Gasteiger partial charge in [0.05, 0.1) is 38.2 Å². The largest absolute Gasteiger partial charge is 0.466 e. The topological polar surface area (TPSA) is 180 Å². The van der Waals surface area contributed by atoms with Gasteiger partial charge < -0.3 is 30.6 Å². The zero-order chi connectivity index (χ0) is 44.9. The van der Waals surface area contributed by atoms with Gasteiger partial charge in [-0.05, 0) is 104 Å². The number of ketones is 1. The number of nitrogens with two attached hydrogens (primary N) is 1. The molecule has 4 aromatic carbocycles. The van der Waals surface area contributed by atoms with Gasteiger partial charge in [-0.25, -0.2) is 4.79 Å². The van der Waals surface area contributed by atoms with Crippen molar-refractivity contribution in [2.75, 3.05) is 26.4 Å². The third kappa shape index (κ3) is 17.1. The summed E-state index contributed by atoms with van der Waals surface area (Å²) in [5.41, 5.74) is 11.2. The van der Waals surface area contributed by atoms with E-state index in [2.05, 4.69) is 10.6 Å². The fourth-order valence-electron chi connectivity index (χ4n) is 6.37. The van der Waals surface area contributed by atoms with Gasteiger partial charge in [0.25, 0.3) is 5.91 Å². The minimum absolute atomic E-state index is 0.112. The van der Waals surface area contributed by atoms with E-state index in [0.29, 0.717) is 35.7 Å². The van der Waals surface area contributed by atoms with Gasteiger partial charge in [0.1, 0.15) is 0 Å². The Morgan fingerprint density at radius 1 is 0.557 bits per heavy atom. The van der Waals surface area contributed by atoms with Crippen LogP contribution in [0.4, 0.5) is 0 Å². The second-order valence-electron chi connectivity index (χ2n) is 14.3. The lowest BCUT2D eigenvalue weighted by Gasteiger charge is -2.21. The first kappa shape index (κ1) is 49.8. The number of ether oxygens (including phenoxy) is 3. The van der Waals surface area contributed by atoms with Crippen LogP contribution in [0, 0.1) is 11.8 Å². The Hall–Kier alpha value is -5.56. The Balaban J connectivity index is 0.000000325. The van der Waals surface area contributed by atoms with Crippen LogP contribution in [0.1, 0.15) is 58.6 Å². The number of nitrogens with one attached hydrogen (secondary N) is 2. The molecule has 326 valence electrons. The van der Waals surface area contributed by atoms with Crippen LogP contribution in [0.5, 0.6) is 0 Å². The van der Waals surface area contributed by atoms with Gasteiger partial charge in [-0.15, -0.1) is 0 Å². The van der Waals surface area contributed by atoms with Gasteiger partial charge >= 0.3 is 23.8 Å². The van der Waals surface area contributed by atoms with Crippen LogP contribution in [-0.4, -0.2) is 74.0 Å². The average molecular weight is 877 g/mol. The van der Waals surface area contributed by atoms with Gasteiger partial charge in [-0.1, -0.05) is 110 Å². The van der Waals surface area contributed by atoms with Crippen LogP contribution >= 0.6 is 23.2 Å². The zero-order valence-electron chi connectivity index (χ0n) is 35.2. The maximum Gasteiger partial charge on any atom is 0.396 e. The number of amides is 2. The molecule has 0 aliphatic rings. The third-order valence-electron chi connectivity index (χ3n) is 9.41. The Bertz CT molecular complexity index is 2080. The second-order valence-corrected chi connectivity index (χ2v) is 15.2. The number of hydrogen-bond acceptors (Lipinski definition) is 10. The minimum atomic E-state index is -0.937. The van der Waals surface area contributed by atoms with Crippen LogP contribution in [0.2, 0.25) is 10.0 Å². The highest BCUT2D eigenvalue weighted by atomic mass is 35.5. The SMILES string of the molecule is CCOC(=O)C(=O)N[C@H](Cc1ccc(-c2cccc(Cl)c2)cc1)CC(C)C(=O)OCC.CCOC(=O)C(C)C[C@@H](Cc1ccc(-c2cccc(Cl)c2)cc1)NC(=O)C(=O)CN. The number of carbonyl (C=O) groups excluding carboxylic acids is 6. The summed E-state index contributed by atoms with van der Waals surface area (Å²) in [4.78, 5) is 71.6. The number of Topliss-reactive ketones (excluding diaryl/α,β-unsaturated/α-hetero) is 1. The fourth-order valence-corrected chi connectivity index (χ4v) is 6.75. The van der Waals surface area contributed by atoms with E-state index in [1.807, 2.05) is 97.1 Å². The third-order valence-corrected chi connectivity index (χ3v) is 9.88. The molecule has 4 rings (SSSR count). The normalized spacial score (nSPS) is 12.6. The molecule has 2 unspecified atom stereocenters. The average Bonchev–Trinajstić information content (AvgIpc) is 3.24. The van der Waals surface area contributed by atoms with E-state index >= 15 is 0 Å². The molecule has 14 heteroatoms. The number of carbonyl (C=O) groups is 6. The predicted molar refractivity (Wildman–Crippen MR) is 237 cm³/mol. The summed E-state index contributed by atoms with van der Waals surface area (Å²) in [6.45, 7) is 8.92. The van der Waals surface area contributed by atoms with Gasteiger partial charge in [-0.2, -0.15) is 0 Å². The van der Waals surface area contributed by atoms with Crippen LogP contribution in [0.3, 0.4) is 0 Å². The Morgan fingerprint density at radius 3 is 1.31 bits per heavy atom. The summed E-state index contributed by atoms with van der Waals surface area (Å²) < 4.78 is 14.9. The number of hydrogen-bond donors (Lipinski definition) is 3. The summed E-state index contributed by atoms with van der Waals surface area (Å²) in [6, 6.07) is 30.0. The molecule has 0 saturated heterocycles. The van der Waals surface area contributed by atoms with Crippen molar-refractivity contribution in [2.24, 2.45) is 17.6 Å². The number of halogens is 2. The van der Waals surface area contributed by atoms with Crippen molar-refractivity contribution in [3.63, 3.8) is 0 Å². The Morgan fingerprint density at radius 2 is 0.951 bits per heavy atom. The van der Waals surface area contributed by atoms with Crippen LogP contribution in [0.25, 0.3) is 22.3 Å². The molecule has 2 amide bonds. The lowest BCUT2D eigenvalue weighted by molar-refractivity contribution is -0.155. The molecular formula is C47H55Cl2N3O9. The molecule has 0 aromatic heterocycles. The first-order valence-electron chi connectivity index (χ1n) is 20.2. The van der Waals surface area contributed by atoms with Crippen LogP contribution < -0.4 is 16.4 Å². The lowest BCUT2D eigenvalue weighted by Crippen LogP contribution is -2.44. The second kappa shape index (κ2) is 25.9. The molecule has 0 aliphatic carbocycles. The molecule has 4 atom stereocenters. The van der Waals surface area contributed by atoms with Crippen LogP contribution in [0.15, 0.2) is 97.1 Å². The van der Waals surface area contributed by atoms with Gasteiger partial charge in [0, 0.05) is 22.1 Å². The minimum Gasteiger partial charge on any atom is -0.466 e. The summed E-state index contributed by atoms with van der Waals surface area (Å²) >= 11 is 12.1. The summed E-state index contributed by atoms with van der Waals surface area (Å²) in [6.07, 6.45) is 1.59. The van der Waals surface area contributed by atoms with Gasteiger partial charge in [-0.3, -0.25) is 24.0 Å². The molecule has 0 fully saturated rings. The van der Waals surface area contributed by atoms with Crippen molar-refractivity contribution in [2.45, 2.75) is 72.4 Å². The highest BCUT2D eigenvalue weighted by Crippen LogP contribution is 2.25. The maximum atomic E-state index is 12.2. The van der Waals surface area contributed by atoms with Crippen LogP contribution in [-0.2, 0) is 55.8 Å².